The average molecular weight is 214 g/mol. The van der Waals surface area contributed by atoms with Crippen LogP contribution in [0.4, 0.5) is 0 Å². The number of nitrogens with zero attached hydrogens (tertiary/aromatic N) is 2. The van der Waals surface area contributed by atoms with E-state index in [1.165, 1.54) is 0 Å². The van der Waals surface area contributed by atoms with Crippen molar-refractivity contribution in [1.29, 1.82) is 5.26 Å². The third kappa shape index (κ3) is 3.58. The van der Waals surface area contributed by atoms with Crippen molar-refractivity contribution >= 4 is 5.78 Å². The fourth-order valence-electron chi connectivity index (χ4n) is 1.30. The Bertz CT molecular complexity index is 427. The average Bonchev–Trinajstić information content (AvgIpc) is 2.26. The van der Waals surface area contributed by atoms with Crippen LogP contribution in [0.25, 0.3) is 0 Å². The van der Waals surface area contributed by atoms with Crippen molar-refractivity contribution in [3.05, 3.63) is 47.7 Å². The lowest BCUT2D eigenvalue weighted by molar-refractivity contribution is -0.114. The third-order valence-corrected chi connectivity index (χ3v) is 2.02. The van der Waals surface area contributed by atoms with Gasteiger partial charge in [-0.25, -0.2) is 0 Å². The first-order chi connectivity index (χ1) is 7.63. The zero-order valence-corrected chi connectivity index (χ0v) is 9.47. The number of hydrogen-bond donors (Lipinski definition) is 0. The second-order valence-electron chi connectivity index (χ2n) is 3.70. The van der Waals surface area contributed by atoms with Crippen molar-refractivity contribution < 1.29 is 4.79 Å². The van der Waals surface area contributed by atoms with Crippen molar-refractivity contribution in [3.63, 3.8) is 0 Å². The molecule has 0 bridgehead atoms. The molecule has 0 unspecified atom stereocenters. The van der Waals surface area contributed by atoms with Crippen molar-refractivity contribution in [3.8, 4) is 6.07 Å². The van der Waals surface area contributed by atoms with Gasteiger partial charge in [-0.05, 0) is 5.56 Å². The number of rotatable bonds is 4. The first-order valence-electron chi connectivity index (χ1n) is 4.99. The molecule has 3 nitrogen and oxygen atoms in total. The molecule has 0 N–H and O–H groups in total. The highest BCUT2D eigenvalue weighted by atomic mass is 16.1. The zero-order valence-electron chi connectivity index (χ0n) is 9.47. The quantitative estimate of drug-likeness (QED) is 0.566. The van der Waals surface area contributed by atoms with E-state index >= 15 is 0 Å². The Morgan fingerprint density at radius 2 is 2.00 bits per heavy atom. The summed E-state index contributed by atoms with van der Waals surface area (Å²) in [6, 6.07) is 11.3. The number of allylic oxidation sites excluding steroid dienone is 1. The predicted molar refractivity (Wildman–Crippen MR) is 62.5 cm³/mol. The first kappa shape index (κ1) is 12.0. The molecule has 1 aromatic carbocycles. The van der Waals surface area contributed by atoms with E-state index in [1.54, 1.807) is 25.2 Å². The van der Waals surface area contributed by atoms with Gasteiger partial charge in [0.1, 0.15) is 11.6 Å². The Balaban J connectivity index is 2.76. The molecule has 0 aliphatic carbocycles. The van der Waals surface area contributed by atoms with Crippen molar-refractivity contribution in [2.24, 2.45) is 0 Å². The van der Waals surface area contributed by atoms with Crippen molar-refractivity contribution in [1.82, 2.24) is 4.90 Å². The highest BCUT2D eigenvalue weighted by Gasteiger charge is 2.09. The number of carbonyl (C=O) groups excluding carboxylic acids is 1. The summed E-state index contributed by atoms with van der Waals surface area (Å²) in [5.41, 5.74) is 1.11. The topological polar surface area (TPSA) is 44.1 Å². The fourth-order valence-corrected chi connectivity index (χ4v) is 1.30. The van der Waals surface area contributed by atoms with Crippen LogP contribution in [0.3, 0.4) is 0 Å². The summed E-state index contributed by atoms with van der Waals surface area (Å²) < 4.78 is 0. The van der Waals surface area contributed by atoms with Gasteiger partial charge in [0.05, 0.1) is 0 Å². The third-order valence-electron chi connectivity index (χ3n) is 2.02. The molecular weight excluding hydrogens is 200 g/mol. The molecule has 0 radical (unpaired) electrons. The van der Waals surface area contributed by atoms with Crippen LogP contribution in [-0.2, 0) is 11.2 Å². The maximum Gasteiger partial charge on any atom is 0.179 e. The summed E-state index contributed by atoms with van der Waals surface area (Å²) in [4.78, 5) is 13.5. The molecule has 0 fully saturated rings. The minimum Gasteiger partial charge on any atom is -0.382 e. The molecule has 0 saturated carbocycles. The second kappa shape index (κ2) is 5.72. The summed E-state index contributed by atoms with van der Waals surface area (Å²) in [5.74, 6) is -0.151. The van der Waals surface area contributed by atoms with Crippen LogP contribution in [-0.4, -0.2) is 24.8 Å². The second-order valence-corrected chi connectivity index (χ2v) is 3.70. The minimum absolute atomic E-state index is 0.151. The van der Waals surface area contributed by atoms with E-state index in [0.29, 0.717) is 0 Å². The molecule has 0 saturated heterocycles. The number of Topliss-reactive ketones (excluding diaryl/α,β-unsaturated/α-hetero) is 1. The lowest BCUT2D eigenvalue weighted by Crippen LogP contribution is -2.10. The van der Waals surface area contributed by atoms with E-state index in [4.69, 9.17) is 5.26 Å². The Morgan fingerprint density at radius 3 is 2.50 bits per heavy atom. The molecular formula is C13H14N2O. The lowest BCUT2D eigenvalue weighted by atomic mass is 10.0. The van der Waals surface area contributed by atoms with Gasteiger partial charge in [0, 0.05) is 26.7 Å². The Labute approximate surface area is 95.6 Å². The molecule has 0 aliphatic rings. The molecule has 0 aromatic heterocycles. The Kier molecular flexibility index (Phi) is 4.28. The Hall–Kier alpha value is -2.08. The fraction of sp³-hybridized carbons (Fsp3) is 0.231. The first-order valence-corrected chi connectivity index (χ1v) is 4.99. The van der Waals surface area contributed by atoms with E-state index in [-0.39, 0.29) is 17.8 Å². The molecule has 0 amide bonds. The summed E-state index contributed by atoms with van der Waals surface area (Å²) >= 11 is 0. The van der Waals surface area contributed by atoms with Crippen LogP contribution in [0, 0.1) is 11.3 Å². The monoisotopic (exact) mass is 214 g/mol. The van der Waals surface area contributed by atoms with E-state index in [2.05, 4.69) is 0 Å². The van der Waals surface area contributed by atoms with Gasteiger partial charge in [-0.3, -0.25) is 4.79 Å². The Morgan fingerprint density at radius 1 is 1.38 bits per heavy atom. The number of hydrogen-bond acceptors (Lipinski definition) is 3. The van der Waals surface area contributed by atoms with E-state index in [1.807, 2.05) is 36.4 Å². The summed E-state index contributed by atoms with van der Waals surface area (Å²) in [5, 5.41) is 8.86. The minimum atomic E-state index is -0.151. The molecule has 16 heavy (non-hydrogen) atoms. The number of carbonyl (C=O) groups is 1. The van der Waals surface area contributed by atoms with Crippen LogP contribution < -0.4 is 0 Å². The molecule has 0 aliphatic heterocycles. The van der Waals surface area contributed by atoms with Crippen LogP contribution in [0.2, 0.25) is 0 Å². The number of ketones is 1. The predicted octanol–water partition coefficient (Wildman–Crippen LogP) is 1.77. The van der Waals surface area contributed by atoms with Gasteiger partial charge >= 0.3 is 0 Å². The van der Waals surface area contributed by atoms with Gasteiger partial charge in [-0.15, -0.1) is 0 Å². The SMILES string of the molecule is CN(C)/C=C(/C#N)C(=O)Cc1ccccc1. The van der Waals surface area contributed by atoms with Crippen molar-refractivity contribution in [2.75, 3.05) is 14.1 Å². The molecule has 82 valence electrons. The lowest BCUT2D eigenvalue weighted by Gasteiger charge is -2.05. The standard InChI is InChI=1S/C13H14N2O/c1-15(2)10-12(9-14)13(16)8-11-6-4-3-5-7-11/h3-7,10H,8H2,1-2H3/b12-10-. The molecule has 1 rings (SSSR count). The largest absolute Gasteiger partial charge is 0.382 e. The van der Waals surface area contributed by atoms with Gasteiger partial charge in [-0.1, -0.05) is 30.3 Å². The summed E-state index contributed by atoms with van der Waals surface area (Å²) in [6.07, 6.45) is 1.82. The molecule has 0 atom stereocenters. The van der Waals surface area contributed by atoms with Crippen LogP contribution in [0.5, 0.6) is 0 Å². The van der Waals surface area contributed by atoms with Gasteiger partial charge in [0.15, 0.2) is 5.78 Å². The van der Waals surface area contributed by atoms with E-state index in [0.717, 1.165) is 5.56 Å². The molecule has 3 heteroatoms. The summed E-state index contributed by atoms with van der Waals surface area (Å²) in [7, 11) is 3.57. The summed E-state index contributed by atoms with van der Waals surface area (Å²) in [6.45, 7) is 0. The molecule has 0 heterocycles. The van der Waals surface area contributed by atoms with Crippen LogP contribution >= 0.6 is 0 Å². The van der Waals surface area contributed by atoms with Gasteiger partial charge < -0.3 is 4.90 Å². The molecule has 1 aromatic rings. The normalized spacial score (nSPS) is 10.7. The number of benzene rings is 1. The maximum absolute atomic E-state index is 11.8. The smallest absolute Gasteiger partial charge is 0.179 e. The highest BCUT2D eigenvalue weighted by molar-refractivity contribution is 6.00. The van der Waals surface area contributed by atoms with Gasteiger partial charge in [0.25, 0.3) is 0 Å². The van der Waals surface area contributed by atoms with E-state index in [9.17, 15) is 4.79 Å². The van der Waals surface area contributed by atoms with Gasteiger partial charge in [-0.2, -0.15) is 5.26 Å². The van der Waals surface area contributed by atoms with Crippen LogP contribution in [0.15, 0.2) is 42.1 Å². The zero-order chi connectivity index (χ0) is 12.0. The maximum atomic E-state index is 11.8. The van der Waals surface area contributed by atoms with Crippen molar-refractivity contribution in [2.45, 2.75) is 6.42 Å². The van der Waals surface area contributed by atoms with E-state index < -0.39 is 0 Å². The van der Waals surface area contributed by atoms with Gasteiger partial charge in [0.2, 0.25) is 0 Å². The molecule has 0 spiro atoms. The highest BCUT2D eigenvalue weighted by Crippen LogP contribution is 2.05. The van der Waals surface area contributed by atoms with Crippen LogP contribution in [0.1, 0.15) is 5.56 Å². The number of nitriles is 1.